The lowest BCUT2D eigenvalue weighted by Gasteiger charge is -2.11. The predicted molar refractivity (Wildman–Crippen MR) is 99.2 cm³/mol. The Kier molecular flexibility index (Phi) is 6.54. The topological polar surface area (TPSA) is 90.9 Å². The summed E-state index contributed by atoms with van der Waals surface area (Å²) in [5.74, 6) is -1.13. The quantitative estimate of drug-likeness (QED) is 0.785. The van der Waals surface area contributed by atoms with E-state index in [-0.39, 0.29) is 23.4 Å². The normalized spacial score (nSPS) is 10.1. The molecule has 7 nitrogen and oxygen atoms in total. The minimum atomic E-state index is -0.636. The minimum Gasteiger partial charge on any atom is -0.484 e. The van der Waals surface area contributed by atoms with E-state index in [9.17, 15) is 14.4 Å². The molecule has 0 heterocycles. The summed E-state index contributed by atoms with van der Waals surface area (Å²) in [6.45, 7) is 3.65. The molecule has 0 bridgehead atoms. The van der Waals surface area contributed by atoms with Gasteiger partial charge in [-0.1, -0.05) is 6.07 Å². The average molecular weight is 371 g/mol. The van der Waals surface area contributed by atoms with Gasteiger partial charge in [0.15, 0.2) is 6.61 Å². The maximum atomic E-state index is 12.2. The number of rotatable bonds is 6. The van der Waals surface area contributed by atoms with Crippen LogP contribution in [-0.2, 0) is 14.3 Å². The van der Waals surface area contributed by atoms with Gasteiger partial charge in [-0.25, -0.2) is 9.59 Å². The van der Waals surface area contributed by atoms with E-state index in [0.717, 1.165) is 11.1 Å². The summed E-state index contributed by atoms with van der Waals surface area (Å²) in [4.78, 5) is 35.7. The highest BCUT2D eigenvalue weighted by Gasteiger charge is 2.15. The van der Waals surface area contributed by atoms with Crippen LogP contribution in [0.2, 0.25) is 0 Å². The maximum Gasteiger partial charge on any atom is 0.337 e. The number of anilines is 1. The molecule has 7 heteroatoms. The second-order valence-corrected chi connectivity index (χ2v) is 5.94. The first-order chi connectivity index (χ1) is 12.8. The van der Waals surface area contributed by atoms with Gasteiger partial charge in [-0.3, -0.25) is 4.79 Å². The molecule has 0 aliphatic carbocycles. The zero-order valence-electron chi connectivity index (χ0n) is 15.6. The van der Waals surface area contributed by atoms with Gasteiger partial charge < -0.3 is 19.5 Å². The maximum absolute atomic E-state index is 12.2. The molecule has 1 N–H and O–H groups in total. The first-order valence-corrected chi connectivity index (χ1v) is 8.15. The SMILES string of the molecule is COC(=O)c1cc(NC(=O)COc2cc(C)cc(C)c2)cc(C(=O)OC)c1. The molecule has 0 aliphatic heterocycles. The zero-order chi connectivity index (χ0) is 20.0. The summed E-state index contributed by atoms with van der Waals surface area (Å²) in [5, 5.41) is 2.60. The molecule has 0 atom stereocenters. The molecule has 0 saturated carbocycles. The van der Waals surface area contributed by atoms with Gasteiger partial charge >= 0.3 is 11.9 Å². The van der Waals surface area contributed by atoms with Crippen molar-refractivity contribution in [3.8, 4) is 5.75 Å². The molecule has 2 aromatic carbocycles. The third-order valence-electron chi connectivity index (χ3n) is 3.62. The molecule has 0 fully saturated rings. The monoisotopic (exact) mass is 371 g/mol. The van der Waals surface area contributed by atoms with Crippen molar-refractivity contribution in [2.45, 2.75) is 13.8 Å². The number of carbonyl (C=O) groups is 3. The Morgan fingerprint density at radius 1 is 0.815 bits per heavy atom. The predicted octanol–water partition coefficient (Wildman–Crippen LogP) is 2.89. The second-order valence-electron chi connectivity index (χ2n) is 5.94. The molecule has 27 heavy (non-hydrogen) atoms. The van der Waals surface area contributed by atoms with Gasteiger partial charge in [0.05, 0.1) is 25.3 Å². The second kappa shape index (κ2) is 8.84. The summed E-state index contributed by atoms with van der Waals surface area (Å²) in [6.07, 6.45) is 0. The molecule has 2 rings (SSSR count). The number of methoxy groups -OCH3 is 2. The van der Waals surface area contributed by atoms with Gasteiger partial charge in [-0.2, -0.15) is 0 Å². The van der Waals surface area contributed by atoms with Gasteiger partial charge in [0.2, 0.25) is 0 Å². The molecule has 1 amide bonds. The highest BCUT2D eigenvalue weighted by atomic mass is 16.5. The van der Waals surface area contributed by atoms with Crippen molar-refractivity contribution in [3.63, 3.8) is 0 Å². The van der Waals surface area contributed by atoms with Crippen LogP contribution in [-0.4, -0.2) is 38.7 Å². The number of hydrogen-bond acceptors (Lipinski definition) is 6. The van der Waals surface area contributed by atoms with E-state index in [0.29, 0.717) is 5.75 Å². The van der Waals surface area contributed by atoms with Gasteiger partial charge in [0, 0.05) is 5.69 Å². The zero-order valence-corrected chi connectivity index (χ0v) is 15.6. The first-order valence-electron chi connectivity index (χ1n) is 8.15. The van der Waals surface area contributed by atoms with Crippen LogP contribution in [0.1, 0.15) is 31.8 Å². The van der Waals surface area contributed by atoms with Crippen LogP contribution in [0.15, 0.2) is 36.4 Å². The van der Waals surface area contributed by atoms with E-state index >= 15 is 0 Å². The lowest BCUT2D eigenvalue weighted by atomic mass is 10.1. The summed E-state index contributed by atoms with van der Waals surface area (Å²) < 4.78 is 14.8. The highest BCUT2D eigenvalue weighted by Crippen LogP contribution is 2.18. The van der Waals surface area contributed by atoms with Crippen LogP contribution < -0.4 is 10.1 Å². The van der Waals surface area contributed by atoms with Crippen molar-refractivity contribution in [1.82, 2.24) is 0 Å². The van der Waals surface area contributed by atoms with Gasteiger partial charge in [-0.15, -0.1) is 0 Å². The van der Waals surface area contributed by atoms with E-state index < -0.39 is 17.8 Å². The van der Waals surface area contributed by atoms with Crippen molar-refractivity contribution < 1.29 is 28.6 Å². The lowest BCUT2D eigenvalue weighted by Crippen LogP contribution is -2.21. The fraction of sp³-hybridized carbons (Fsp3) is 0.250. The first kappa shape index (κ1) is 20.0. The van der Waals surface area contributed by atoms with Crippen LogP contribution in [0.3, 0.4) is 0 Å². The Hall–Kier alpha value is -3.35. The average Bonchev–Trinajstić information content (AvgIpc) is 2.64. The largest absolute Gasteiger partial charge is 0.484 e. The summed E-state index contributed by atoms with van der Waals surface area (Å²) in [6, 6.07) is 9.81. The Morgan fingerprint density at radius 3 is 1.81 bits per heavy atom. The number of hydrogen-bond donors (Lipinski definition) is 1. The van der Waals surface area contributed by atoms with Crippen LogP contribution in [0.5, 0.6) is 5.75 Å². The molecule has 0 spiro atoms. The van der Waals surface area contributed by atoms with E-state index in [2.05, 4.69) is 14.8 Å². The molecule has 0 aliphatic rings. The Morgan fingerprint density at radius 2 is 1.33 bits per heavy atom. The van der Waals surface area contributed by atoms with Crippen molar-refractivity contribution in [2.75, 3.05) is 26.1 Å². The smallest absolute Gasteiger partial charge is 0.337 e. The van der Waals surface area contributed by atoms with Crippen molar-refractivity contribution in [3.05, 3.63) is 58.7 Å². The van der Waals surface area contributed by atoms with Crippen LogP contribution in [0.4, 0.5) is 5.69 Å². The third kappa shape index (κ3) is 5.57. The van der Waals surface area contributed by atoms with Crippen molar-refractivity contribution in [1.29, 1.82) is 0 Å². The molecular formula is C20H21NO6. The highest BCUT2D eigenvalue weighted by molar-refractivity contribution is 5.99. The Balaban J connectivity index is 2.13. The van der Waals surface area contributed by atoms with E-state index in [4.69, 9.17) is 4.74 Å². The summed E-state index contributed by atoms with van der Waals surface area (Å²) in [5.41, 5.74) is 2.54. The lowest BCUT2D eigenvalue weighted by molar-refractivity contribution is -0.118. The minimum absolute atomic E-state index is 0.117. The number of nitrogens with one attached hydrogen (secondary N) is 1. The molecule has 2 aromatic rings. The standard InChI is InChI=1S/C20H21NO6/c1-12-5-13(2)7-17(6-12)27-11-18(22)21-16-9-14(19(23)25-3)8-15(10-16)20(24)26-4/h5-10H,11H2,1-4H3,(H,21,22). The third-order valence-corrected chi connectivity index (χ3v) is 3.62. The fourth-order valence-electron chi connectivity index (χ4n) is 2.53. The van der Waals surface area contributed by atoms with E-state index in [1.54, 1.807) is 0 Å². The molecule has 0 unspecified atom stereocenters. The summed E-state index contributed by atoms with van der Waals surface area (Å²) >= 11 is 0. The van der Waals surface area contributed by atoms with Crippen molar-refractivity contribution >= 4 is 23.5 Å². The number of amides is 1. The number of carbonyl (C=O) groups excluding carboxylic acids is 3. The molecule has 142 valence electrons. The molecule has 0 saturated heterocycles. The Labute approximate surface area is 157 Å². The fourth-order valence-corrected chi connectivity index (χ4v) is 2.53. The van der Waals surface area contributed by atoms with E-state index in [1.807, 2.05) is 32.0 Å². The van der Waals surface area contributed by atoms with E-state index in [1.165, 1.54) is 32.4 Å². The van der Waals surface area contributed by atoms with Gasteiger partial charge in [0.25, 0.3) is 5.91 Å². The van der Waals surface area contributed by atoms with Crippen LogP contribution >= 0.6 is 0 Å². The van der Waals surface area contributed by atoms with Crippen molar-refractivity contribution in [2.24, 2.45) is 0 Å². The van der Waals surface area contributed by atoms with Gasteiger partial charge in [-0.05, 0) is 55.3 Å². The number of benzene rings is 2. The van der Waals surface area contributed by atoms with Crippen LogP contribution in [0.25, 0.3) is 0 Å². The molecular weight excluding hydrogens is 350 g/mol. The van der Waals surface area contributed by atoms with Gasteiger partial charge in [0.1, 0.15) is 5.75 Å². The Bertz CT molecular complexity index is 820. The summed E-state index contributed by atoms with van der Waals surface area (Å²) in [7, 11) is 2.45. The number of aryl methyl sites for hydroxylation is 2. The molecule has 0 radical (unpaired) electrons. The number of ether oxygens (including phenoxy) is 3. The number of esters is 2. The molecule has 0 aromatic heterocycles. The van der Waals surface area contributed by atoms with Crippen LogP contribution in [0, 0.1) is 13.8 Å².